The molecule has 3 heterocycles. The van der Waals surface area contributed by atoms with Crippen LogP contribution in [-0.2, 0) is 4.79 Å². The number of hydrogen-bond acceptors (Lipinski definition) is 7. The monoisotopic (exact) mass is 571 g/mol. The maximum atomic E-state index is 12.6. The van der Waals surface area contributed by atoms with Crippen LogP contribution in [0.3, 0.4) is 0 Å². The smallest absolute Gasteiger partial charge is 0.270 e. The van der Waals surface area contributed by atoms with Gasteiger partial charge >= 0.3 is 0 Å². The van der Waals surface area contributed by atoms with Crippen molar-refractivity contribution < 1.29 is 18.9 Å². The molecule has 2 aromatic heterocycles. The van der Waals surface area contributed by atoms with Gasteiger partial charge in [0.25, 0.3) is 5.69 Å². The minimum atomic E-state index is -0.582. The molecule has 0 saturated carbocycles. The Bertz CT molecular complexity index is 1620. The zero-order valence-corrected chi connectivity index (χ0v) is 23.8. The molecule has 0 aliphatic carbocycles. The predicted octanol–water partition coefficient (Wildman–Crippen LogP) is 6.42. The van der Waals surface area contributed by atoms with E-state index in [2.05, 4.69) is 15.6 Å². The van der Waals surface area contributed by atoms with E-state index in [1.807, 2.05) is 62.1 Å². The van der Waals surface area contributed by atoms with Crippen LogP contribution in [0, 0.1) is 15.5 Å². The fraction of sp³-hybridized carbons (Fsp3) is 0.233. The number of nitro benzene ring substituents is 1. The Kier molecular flexibility index (Phi) is 7.46. The number of rotatable bonds is 7. The second-order valence-corrected chi connectivity index (χ2v) is 11.0. The highest BCUT2D eigenvalue weighted by atomic mass is 32.1. The molecular formula is C30H29N5O5S. The Morgan fingerprint density at radius 2 is 1.93 bits per heavy atom. The van der Waals surface area contributed by atoms with E-state index >= 15 is 0 Å². The van der Waals surface area contributed by atoms with Gasteiger partial charge in [0.05, 0.1) is 29.5 Å². The highest BCUT2D eigenvalue weighted by Gasteiger charge is 2.43. The number of nitrogens with zero attached hydrogens (tertiary/aromatic N) is 3. The number of pyridine rings is 1. The highest BCUT2D eigenvalue weighted by molar-refractivity contribution is 7.80. The molecule has 10 nitrogen and oxygen atoms in total. The molecule has 210 valence electrons. The zero-order valence-electron chi connectivity index (χ0n) is 23.0. The van der Waals surface area contributed by atoms with Crippen molar-refractivity contribution in [2.45, 2.75) is 32.9 Å². The fourth-order valence-electron chi connectivity index (χ4n) is 4.60. The predicted molar refractivity (Wildman–Crippen MR) is 160 cm³/mol. The SMILES string of the molecule is COc1cc(N2C(=S)N[C@@H](c3ccccn3)[C@H]2c2ccc(-c3cccc([N+](=O)[O-])c3)o2)ccc1NC(=O)C(C)(C)C. The standard InChI is InChI=1S/C30H29N5O5S/c1-30(2,3)28(36)32-21-12-11-19(17-25(21)39-4)34-27(26(33-29(34)41)22-10-5-6-15-31-22)24-14-13-23(40-24)18-8-7-9-20(16-18)35(37)38/h5-17,26-27H,1-4H3,(H,32,36)(H,33,41)/t26-,27+/m0/s1. The van der Waals surface area contributed by atoms with Crippen LogP contribution in [0.25, 0.3) is 11.3 Å². The van der Waals surface area contributed by atoms with Crippen molar-refractivity contribution in [2.24, 2.45) is 5.41 Å². The summed E-state index contributed by atoms with van der Waals surface area (Å²) in [4.78, 5) is 30.0. The lowest BCUT2D eigenvalue weighted by Gasteiger charge is -2.27. The molecule has 1 aliphatic rings. The van der Waals surface area contributed by atoms with E-state index in [1.165, 1.54) is 12.1 Å². The van der Waals surface area contributed by atoms with Crippen molar-refractivity contribution in [2.75, 3.05) is 17.3 Å². The molecule has 1 aliphatic heterocycles. The van der Waals surface area contributed by atoms with E-state index in [-0.39, 0.29) is 17.6 Å². The first-order valence-electron chi connectivity index (χ1n) is 12.9. The Morgan fingerprint density at radius 3 is 2.61 bits per heavy atom. The number of ether oxygens (including phenoxy) is 1. The minimum Gasteiger partial charge on any atom is -0.494 e. The fourth-order valence-corrected chi connectivity index (χ4v) is 4.95. The zero-order chi connectivity index (χ0) is 29.3. The largest absolute Gasteiger partial charge is 0.494 e. The summed E-state index contributed by atoms with van der Waals surface area (Å²) >= 11 is 5.81. The number of carbonyl (C=O) groups excluding carboxylic acids is 1. The van der Waals surface area contributed by atoms with Gasteiger partial charge in [-0.1, -0.05) is 39.0 Å². The Morgan fingerprint density at radius 1 is 1.12 bits per heavy atom. The molecule has 0 unspecified atom stereocenters. The van der Waals surface area contributed by atoms with Gasteiger partial charge in [0, 0.05) is 41.1 Å². The van der Waals surface area contributed by atoms with Gasteiger partial charge in [-0.25, -0.2) is 0 Å². The number of thiocarbonyl (C=S) groups is 1. The Balaban J connectivity index is 1.56. The van der Waals surface area contributed by atoms with Crippen molar-refractivity contribution in [1.29, 1.82) is 0 Å². The minimum absolute atomic E-state index is 0.0251. The third-order valence-corrected chi connectivity index (χ3v) is 7.07. The van der Waals surface area contributed by atoms with Crippen molar-refractivity contribution in [3.63, 3.8) is 0 Å². The van der Waals surface area contributed by atoms with Crippen molar-refractivity contribution >= 4 is 40.3 Å². The molecule has 0 bridgehead atoms. The molecule has 41 heavy (non-hydrogen) atoms. The first-order valence-corrected chi connectivity index (χ1v) is 13.3. The third kappa shape index (κ3) is 5.62. The van der Waals surface area contributed by atoms with E-state index < -0.39 is 16.4 Å². The molecule has 5 rings (SSSR count). The number of methoxy groups -OCH3 is 1. The van der Waals surface area contributed by atoms with E-state index in [9.17, 15) is 14.9 Å². The molecule has 1 amide bonds. The third-order valence-electron chi connectivity index (χ3n) is 6.75. The molecule has 4 aromatic rings. The summed E-state index contributed by atoms with van der Waals surface area (Å²) < 4.78 is 12.0. The van der Waals surface area contributed by atoms with Gasteiger partial charge < -0.3 is 24.7 Å². The molecule has 2 aromatic carbocycles. The average molecular weight is 572 g/mol. The lowest BCUT2D eigenvalue weighted by molar-refractivity contribution is -0.384. The van der Waals surface area contributed by atoms with E-state index in [0.717, 1.165) is 5.69 Å². The van der Waals surface area contributed by atoms with Gasteiger partial charge in [0.1, 0.15) is 23.3 Å². The van der Waals surface area contributed by atoms with E-state index in [0.29, 0.717) is 39.3 Å². The van der Waals surface area contributed by atoms with Crippen LogP contribution < -0.4 is 20.3 Å². The summed E-state index contributed by atoms with van der Waals surface area (Å²) in [6, 6.07) is 20.2. The van der Waals surface area contributed by atoms with E-state index in [1.54, 1.807) is 37.6 Å². The molecule has 2 N–H and O–H groups in total. The molecular weight excluding hydrogens is 542 g/mol. The maximum Gasteiger partial charge on any atom is 0.270 e. The molecule has 11 heteroatoms. The first-order chi connectivity index (χ1) is 19.6. The summed E-state index contributed by atoms with van der Waals surface area (Å²) in [6.07, 6.45) is 1.71. The van der Waals surface area contributed by atoms with Crippen LogP contribution >= 0.6 is 12.2 Å². The van der Waals surface area contributed by atoms with Crippen molar-refractivity contribution in [3.05, 3.63) is 101 Å². The summed E-state index contributed by atoms with van der Waals surface area (Å²) in [6.45, 7) is 5.52. The number of carbonyl (C=O) groups is 1. The number of amides is 1. The van der Waals surface area contributed by atoms with Gasteiger partial charge in [0.15, 0.2) is 5.11 Å². The van der Waals surface area contributed by atoms with Gasteiger partial charge in [-0.15, -0.1) is 0 Å². The summed E-state index contributed by atoms with van der Waals surface area (Å²) in [5.41, 5.74) is 1.99. The molecule has 0 spiro atoms. The molecule has 0 radical (unpaired) electrons. The summed E-state index contributed by atoms with van der Waals surface area (Å²) in [5, 5.41) is 18.1. The second kappa shape index (κ2) is 11.0. The van der Waals surface area contributed by atoms with Crippen LogP contribution in [0.2, 0.25) is 0 Å². The Hall–Kier alpha value is -4.77. The van der Waals surface area contributed by atoms with Gasteiger partial charge in [-0.2, -0.15) is 0 Å². The molecule has 2 atom stereocenters. The van der Waals surface area contributed by atoms with Crippen LogP contribution in [0.1, 0.15) is 44.3 Å². The normalized spacial score (nSPS) is 16.8. The van der Waals surface area contributed by atoms with E-state index in [4.69, 9.17) is 21.4 Å². The molecule has 1 fully saturated rings. The van der Waals surface area contributed by atoms with Crippen LogP contribution in [-0.4, -0.2) is 28.0 Å². The topological polar surface area (TPSA) is 123 Å². The van der Waals surface area contributed by atoms with Crippen molar-refractivity contribution in [1.82, 2.24) is 10.3 Å². The van der Waals surface area contributed by atoms with Crippen LogP contribution in [0.5, 0.6) is 5.75 Å². The summed E-state index contributed by atoms with van der Waals surface area (Å²) in [5.74, 6) is 1.40. The number of hydrogen-bond donors (Lipinski definition) is 2. The average Bonchev–Trinajstić information content (AvgIpc) is 3.58. The number of benzene rings is 2. The lowest BCUT2D eigenvalue weighted by atomic mass is 9.95. The maximum absolute atomic E-state index is 12.6. The van der Waals surface area contributed by atoms with Crippen molar-refractivity contribution in [3.8, 4) is 17.1 Å². The van der Waals surface area contributed by atoms with Gasteiger partial charge in [-0.3, -0.25) is 19.9 Å². The molecule has 1 saturated heterocycles. The number of furan rings is 1. The number of nitrogens with one attached hydrogen (secondary N) is 2. The van der Waals surface area contributed by atoms with Crippen LogP contribution in [0.4, 0.5) is 17.1 Å². The van der Waals surface area contributed by atoms with Gasteiger partial charge in [-0.05, 0) is 48.6 Å². The number of nitro groups is 1. The number of anilines is 2. The first kappa shape index (κ1) is 27.8. The van der Waals surface area contributed by atoms with Gasteiger partial charge in [0.2, 0.25) is 5.91 Å². The van der Waals surface area contributed by atoms with Crippen LogP contribution in [0.15, 0.2) is 83.4 Å². The lowest BCUT2D eigenvalue weighted by Crippen LogP contribution is -2.30. The highest BCUT2D eigenvalue weighted by Crippen LogP contribution is 2.44. The number of aromatic nitrogens is 1. The number of non-ortho nitro benzene ring substituents is 1. The summed E-state index contributed by atoms with van der Waals surface area (Å²) in [7, 11) is 1.54. The quantitative estimate of drug-likeness (QED) is 0.147. The Labute approximate surface area is 242 Å². The second-order valence-electron chi connectivity index (χ2n) is 10.6.